The number of esters is 1. The van der Waals surface area contributed by atoms with Crippen LogP contribution in [0, 0.1) is 6.92 Å². The van der Waals surface area contributed by atoms with Gasteiger partial charge in [0.05, 0.1) is 25.4 Å². The van der Waals surface area contributed by atoms with E-state index in [2.05, 4.69) is 20.4 Å². The second-order valence-electron chi connectivity index (χ2n) is 5.87. The Kier molecular flexibility index (Phi) is 5.47. The number of nitrogens with one attached hydrogen (secondary N) is 1. The molecule has 0 saturated heterocycles. The summed E-state index contributed by atoms with van der Waals surface area (Å²) in [6.45, 7) is 3.66. The van der Waals surface area contributed by atoms with Crippen molar-refractivity contribution >= 4 is 29.2 Å². The van der Waals surface area contributed by atoms with Crippen LogP contribution in [0.4, 0.5) is 5.82 Å². The van der Waals surface area contributed by atoms with Crippen molar-refractivity contribution in [2.75, 3.05) is 25.6 Å². The molecule has 1 unspecified atom stereocenters. The number of aromatic nitrogens is 5. The van der Waals surface area contributed by atoms with Crippen molar-refractivity contribution in [2.24, 2.45) is 5.73 Å². The molecule has 0 spiro atoms. The number of carbonyl (C=O) groups is 1. The van der Waals surface area contributed by atoms with Gasteiger partial charge in [-0.25, -0.2) is 4.98 Å². The maximum absolute atomic E-state index is 11.3. The Morgan fingerprint density at radius 3 is 2.96 bits per heavy atom. The zero-order valence-corrected chi connectivity index (χ0v) is 15.9. The average molecular weight is 394 g/mol. The van der Waals surface area contributed by atoms with Gasteiger partial charge in [0.1, 0.15) is 18.1 Å². The van der Waals surface area contributed by atoms with Crippen LogP contribution in [0.1, 0.15) is 12.6 Å². The lowest BCUT2D eigenvalue weighted by atomic mass is 10.3. The minimum atomic E-state index is -0.478. The van der Waals surface area contributed by atoms with Crippen molar-refractivity contribution in [3.8, 4) is 11.6 Å². The number of hydrogen-bond donors (Lipinski definition) is 2. The Morgan fingerprint density at radius 1 is 1.48 bits per heavy atom. The van der Waals surface area contributed by atoms with Crippen molar-refractivity contribution < 1.29 is 14.3 Å². The molecule has 10 nitrogen and oxygen atoms in total. The van der Waals surface area contributed by atoms with Crippen LogP contribution in [0.3, 0.4) is 0 Å². The zero-order chi connectivity index (χ0) is 19.6. The topological polar surface area (TPSA) is 122 Å². The average Bonchev–Trinajstić information content (AvgIpc) is 3.25. The summed E-state index contributed by atoms with van der Waals surface area (Å²) in [4.78, 5) is 19.8. The van der Waals surface area contributed by atoms with E-state index in [1.54, 1.807) is 34.7 Å². The lowest BCUT2D eigenvalue weighted by Crippen LogP contribution is -2.28. The smallest absolute Gasteiger partial charge is 0.319 e. The first-order valence-corrected chi connectivity index (χ1v) is 8.58. The Balaban J connectivity index is 2.06. The highest BCUT2D eigenvalue weighted by molar-refractivity contribution is 6.31. The predicted octanol–water partition coefficient (Wildman–Crippen LogP) is 1.19. The molecule has 0 saturated carbocycles. The third kappa shape index (κ3) is 3.81. The van der Waals surface area contributed by atoms with Gasteiger partial charge in [0.15, 0.2) is 5.15 Å². The second-order valence-corrected chi connectivity index (χ2v) is 6.23. The van der Waals surface area contributed by atoms with E-state index >= 15 is 0 Å². The fourth-order valence-electron chi connectivity index (χ4n) is 2.56. The summed E-state index contributed by atoms with van der Waals surface area (Å²) in [5, 5.41) is 7.93. The van der Waals surface area contributed by atoms with Gasteiger partial charge >= 0.3 is 5.97 Å². The van der Waals surface area contributed by atoms with E-state index in [0.717, 1.165) is 5.69 Å². The number of methoxy groups -OCH3 is 1. The molecule has 0 aliphatic rings. The first kappa shape index (κ1) is 18.9. The summed E-state index contributed by atoms with van der Waals surface area (Å²) in [7, 11) is 1.55. The van der Waals surface area contributed by atoms with Crippen LogP contribution in [-0.2, 0) is 9.53 Å². The first-order chi connectivity index (χ1) is 12.9. The number of nitrogens with zero attached hydrogens (tertiary/aromatic N) is 5. The van der Waals surface area contributed by atoms with Crippen LogP contribution in [0.5, 0.6) is 5.88 Å². The molecule has 0 aliphatic carbocycles. The molecule has 1 atom stereocenters. The molecule has 3 rings (SSSR count). The van der Waals surface area contributed by atoms with Crippen LogP contribution >= 0.6 is 11.6 Å². The molecule has 0 bridgehead atoms. The Morgan fingerprint density at radius 2 is 2.26 bits per heavy atom. The van der Waals surface area contributed by atoms with E-state index in [1.807, 2.05) is 13.8 Å². The fraction of sp³-hybridized carbons (Fsp3) is 0.375. The standard InChI is InChI=1S/C16H20ClN7O3/c1-9-6-11(26-3)24(22-9)13-14(17)21-16-19-4-5-23(16)15(13)20-10(2)8-27-12(25)7-18/h4-6,10,20H,7-8,18H2,1-3H3. The van der Waals surface area contributed by atoms with Gasteiger partial charge in [-0.05, 0) is 13.8 Å². The van der Waals surface area contributed by atoms with Gasteiger partial charge in [-0.2, -0.15) is 14.8 Å². The number of hydrogen-bond acceptors (Lipinski definition) is 8. The van der Waals surface area contributed by atoms with Crippen molar-refractivity contribution in [2.45, 2.75) is 19.9 Å². The highest BCUT2D eigenvalue weighted by Crippen LogP contribution is 2.31. The molecule has 0 aliphatic heterocycles. The van der Waals surface area contributed by atoms with Crippen LogP contribution in [-0.4, -0.2) is 56.4 Å². The van der Waals surface area contributed by atoms with Crippen molar-refractivity contribution in [1.82, 2.24) is 24.1 Å². The molecular weight excluding hydrogens is 374 g/mol. The quantitative estimate of drug-likeness (QED) is 0.453. The minimum Gasteiger partial charge on any atom is -0.481 e. The third-order valence-electron chi connectivity index (χ3n) is 3.74. The number of anilines is 1. The molecule has 0 amide bonds. The molecule has 0 aromatic carbocycles. The van der Waals surface area contributed by atoms with Gasteiger partial charge in [-0.15, -0.1) is 0 Å². The SMILES string of the molecule is COc1cc(C)nn1-c1c(Cl)nc2nccn2c1NC(C)COC(=O)CN. The number of halogens is 1. The van der Waals surface area contributed by atoms with Gasteiger partial charge in [-0.1, -0.05) is 11.6 Å². The number of carbonyl (C=O) groups excluding carboxylic acids is 1. The van der Waals surface area contributed by atoms with E-state index in [9.17, 15) is 4.79 Å². The number of aryl methyl sites for hydroxylation is 1. The van der Waals surface area contributed by atoms with Gasteiger partial charge < -0.3 is 20.5 Å². The van der Waals surface area contributed by atoms with Crippen LogP contribution < -0.4 is 15.8 Å². The molecule has 3 heterocycles. The largest absolute Gasteiger partial charge is 0.481 e. The monoisotopic (exact) mass is 393 g/mol. The van der Waals surface area contributed by atoms with E-state index in [-0.39, 0.29) is 24.3 Å². The third-order valence-corrected chi connectivity index (χ3v) is 4.01. The fourth-order valence-corrected chi connectivity index (χ4v) is 2.81. The van der Waals surface area contributed by atoms with Gasteiger partial charge in [0.2, 0.25) is 11.7 Å². The van der Waals surface area contributed by atoms with Gasteiger partial charge in [0.25, 0.3) is 0 Å². The zero-order valence-electron chi connectivity index (χ0n) is 15.1. The summed E-state index contributed by atoms with van der Waals surface area (Å²) in [5.74, 6) is 1.02. The Bertz CT molecular complexity index is 968. The van der Waals surface area contributed by atoms with E-state index < -0.39 is 5.97 Å². The second kappa shape index (κ2) is 7.80. The minimum absolute atomic E-state index is 0.126. The van der Waals surface area contributed by atoms with Crippen molar-refractivity contribution in [3.05, 3.63) is 29.3 Å². The first-order valence-electron chi connectivity index (χ1n) is 8.20. The predicted molar refractivity (Wildman–Crippen MR) is 99.5 cm³/mol. The molecule has 11 heteroatoms. The van der Waals surface area contributed by atoms with Gasteiger partial charge in [-0.3, -0.25) is 9.20 Å². The van der Waals surface area contributed by atoms with Gasteiger partial charge in [0, 0.05) is 18.5 Å². The molecule has 0 fully saturated rings. The van der Waals surface area contributed by atoms with Crippen LogP contribution in [0.25, 0.3) is 11.5 Å². The van der Waals surface area contributed by atoms with Crippen LogP contribution in [0.15, 0.2) is 18.5 Å². The van der Waals surface area contributed by atoms with Crippen LogP contribution in [0.2, 0.25) is 5.15 Å². The van der Waals surface area contributed by atoms with E-state index in [1.165, 1.54) is 0 Å². The van der Waals surface area contributed by atoms with E-state index in [4.69, 9.17) is 26.8 Å². The summed E-state index contributed by atoms with van der Waals surface area (Å²) in [6.07, 6.45) is 3.35. The summed E-state index contributed by atoms with van der Waals surface area (Å²) < 4.78 is 13.8. The Hall–Kier alpha value is -2.85. The Labute approximate surface area is 160 Å². The van der Waals surface area contributed by atoms with Crippen molar-refractivity contribution in [3.63, 3.8) is 0 Å². The lowest BCUT2D eigenvalue weighted by Gasteiger charge is -2.20. The normalized spacial score (nSPS) is 12.2. The lowest BCUT2D eigenvalue weighted by molar-refractivity contribution is -0.142. The number of imidazole rings is 1. The maximum atomic E-state index is 11.3. The molecule has 3 N–H and O–H groups in total. The molecule has 3 aromatic rings. The molecular formula is C16H20ClN7O3. The number of nitrogens with two attached hydrogens (primary N) is 1. The highest BCUT2D eigenvalue weighted by atomic mass is 35.5. The number of fused-ring (bicyclic) bond motifs is 1. The summed E-state index contributed by atoms with van der Waals surface area (Å²) >= 11 is 6.45. The molecule has 27 heavy (non-hydrogen) atoms. The highest BCUT2D eigenvalue weighted by Gasteiger charge is 2.22. The summed E-state index contributed by atoms with van der Waals surface area (Å²) in [6, 6.07) is 1.54. The molecule has 0 radical (unpaired) electrons. The van der Waals surface area contributed by atoms with E-state index in [0.29, 0.717) is 23.2 Å². The molecule has 144 valence electrons. The van der Waals surface area contributed by atoms with Crippen molar-refractivity contribution in [1.29, 1.82) is 0 Å². The number of ether oxygens (including phenoxy) is 2. The molecule has 3 aromatic heterocycles. The summed E-state index contributed by atoms with van der Waals surface area (Å²) in [5.41, 5.74) is 6.51. The maximum Gasteiger partial charge on any atom is 0.319 e. The number of rotatable bonds is 7.